The molecule has 1 aromatic rings. The first-order chi connectivity index (χ1) is 6.74. The van der Waals surface area contributed by atoms with Crippen LogP contribution in [-0.4, -0.2) is 17.1 Å². The van der Waals surface area contributed by atoms with Crippen molar-refractivity contribution in [2.75, 3.05) is 5.01 Å². The average Bonchev–Trinajstić information content (AvgIpc) is 2.56. The number of hydrogen-bond acceptors (Lipinski definition) is 3. The van der Waals surface area contributed by atoms with Gasteiger partial charge in [0.15, 0.2) is 6.04 Å². The molecule has 0 spiro atoms. The third-order valence-electron chi connectivity index (χ3n) is 2.32. The van der Waals surface area contributed by atoms with Crippen LogP contribution in [0.5, 0.6) is 0 Å². The largest absolute Gasteiger partial charge is 0.480 e. The molecule has 1 atom stereocenters. The molecule has 2 rings (SSSR count). The van der Waals surface area contributed by atoms with Gasteiger partial charge in [-0.2, -0.15) is 0 Å². The van der Waals surface area contributed by atoms with Crippen LogP contribution in [0, 0.1) is 4.91 Å². The van der Waals surface area contributed by atoms with Crippen LogP contribution in [0.2, 0.25) is 0 Å². The minimum atomic E-state index is -1.03. The van der Waals surface area contributed by atoms with Gasteiger partial charge < -0.3 is 5.11 Å². The van der Waals surface area contributed by atoms with Crippen molar-refractivity contribution in [3.05, 3.63) is 34.7 Å². The van der Waals surface area contributed by atoms with Crippen LogP contribution < -0.4 is 5.01 Å². The Morgan fingerprint density at radius 1 is 1.50 bits per heavy atom. The van der Waals surface area contributed by atoms with E-state index < -0.39 is 12.0 Å². The summed E-state index contributed by atoms with van der Waals surface area (Å²) in [5.74, 6) is -1.03. The Morgan fingerprint density at radius 2 is 2.21 bits per heavy atom. The molecule has 0 radical (unpaired) electrons. The number of fused-ring (bicyclic) bond motifs is 1. The topological polar surface area (TPSA) is 70.0 Å². The zero-order valence-electron chi connectivity index (χ0n) is 7.25. The molecule has 5 nitrogen and oxygen atoms in total. The maximum atomic E-state index is 10.8. The van der Waals surface area contributed by atoms with Gasteiger partial charge in [-0.1, -0.05) is 18.2 Å². The summed E-state index contributed by atoms with van der Waals surface area (Å²) in [6.45, 7) is 0. The monoisotopic (exact) mass is 192 g/mol. The summed E-state index contributed by atoms with van der Waals surface area (Å²) >= 11 is 0. The number of carbonyl (C=O) groups is 1. The van der Waals surface area contributed by atoms with E-state index in [1.807, 2.05) is 6.07 Å². The van der Waals surface area contributed by atoms with Crippen LogP contribution in [0.3, 0.4) is 0 Å². The number of anilines is 1. The predicted molar refractivity (Wildman–Crippen MR) is 49.8 cm³/mol. The van der Waals surface area contributed by atoms with Gasteiger partial charge in [0.1, 0.15) is 0 Å². The van der Waals surface area contributed by atoms with Gasteiger partial charge >= 0.3 is 5.97 Å². The molecule has 72 valence electrons. The van der Waals surface area contributed by atoms with Crippen LogP contribution >= 0.6 is 0 Å². The lowest BCUT2D eigenvalue weighted by atomic mass is 10.1. The molecule has 1 unspecified atom stereocenters. The molecule has 1 N–H and O–H groups in total. The van der Waals surface area contributed by atoms with Gasteiger partial charge in [0.2, 0.25) is 0 Å². The maximum Gasteiger partial charge on any atom is 0.328 e. The van der Waals surface area contributed by atoms with Crippen molar-refractivity contribution in [3.8, 4) is 0 Å². The van der Waals surface area contributed by atoms with Crippen LogP contribution in [0.25, 0.3) is 0 Å². The molecule has 1 heterocycles. The van der Waals surface area contributed by atoms with E-state index in [1.54, 1.807) is 18.2 Å². The summed E-state index contributed by atoms with van der Waals surface area (Å²) in [5, 5.41) is 12.6. The van der Waals surface area contributed by atoms with Gasteiger partial charge in [-0.3, -0.25) is 0 Å². The van der Waals surface area contributed by atoms with Crippen LogP contribution in [0.1, 0.15) is 5.56 Å². The van der Waals surface area contributed by atoms with E-state index in [9.17, 15) is 9.70 Å². The van der Waals surface area contributed by atoms with Crippen LogP contribution in [-0.2, 0) is 11.2 Å². The van der Waals surface area contributed by atoms with Gasteiger partial charge in [-0.05, 0) is 11.6 Å². The number of aliphatic carboxylic acids is 1. The van der Waals surface area contributed by atoms with Crippen molar-refractivity contribution in [3.63, 3.8) is 0 Å². The zero-order chi connectivity index (χ0) is 10.1. The first-order valence-corrected chi connectivity index (χ1v) is 4.17. The lowest BCUT2D eigenvalue weighted by Gasteiger charge is -2.13. The maximum absolute atomic E-state index is 10.8. The van der Waals surface area contributed by atoms with Gasteiger partial charge in [-0.25, -0.2) is 9.80 Å². The summed E-state index contributed by atoms with van der Waals surface area (Å²) in [5.41, 5.74) is 1.44. The van der Waals surface area contributed by atoms with E-state index in [2.05, 4.69) is 5.29 Å². The second-order valence-electron chi connectivity index (χ2n) is 3.11. The highest BCUT2D eigenvalue weighted by Crippen LogP contribution is 2.31. The number of para-hydroxylation sites is 1. The Hall–Kier alpha value is -1.91. The lowest BCUT2D eigenvalue weighted by Crippen LogP contribution is -2.34. The fourth-order valence-electron chi connectivity index (χ4n) is 1.66. The van der Waals surface area contributed by atoms with Crippen molar-refractivity contribution in [1.82, 2.24) is 0 Å². The van der Waals surface area contributed by atoms with Crippen LogP contribution in [0.15, 0.2) is 29.6 Å². The molecule has 1 aliphatic rings. The Kier molecular flexibility index (Phi) is 1.92. The molecule has 0 aromatic heterocycles. The highest BCUT2D eigenvalue weighted by atomic mass is 16.4. The van der Waals surface area contributed by atoms with E-state index in [0.717, 1.165) is 10.6 Å². The van der Waals surface area contributed by atoms with E-state index in [1.165, 1.54) is 0 Å². The molecule has 0 saturated carbocycles. The predicted octanol–water partition coefficient (Wildman–Crippen LogP) is 1.18. The smallest absolute Gasteiger partial charge is 0.328 e. The van der Waals surface area contributed by atoms with Crippen LogP contribution in [0.4, 0.5) is 5.69 Å². The second-order valence-corrected chi connectivity index (χ2v) is 3.11. The molecule has 0 saturated heterocycles. The lowest BCUT2D eigenvalue weighted by molar-refractivity contribution is -0.138. The Balaban J connectivity index is 2.43. The Bertz CT molecular complexity index is 391. The van der Waals surface area contributed by atoms with Gasteiger partial charge in [-0.15, -0.1) is 4.91 Å². The number of hydrogen-bond donors (Lipinski definition) is 1. The second kappa shape index (κ2) is 3.10. The minimum Gasteiger partial charge on any atom is -0.480 e. The summed E-state index contributed by atoms with van der Waals surface area (Å²) in [7, 11) is 0. The SMILES string of the molecule is O=NN1c2ccccc2CC1C(=O)O. The number of nitroso groups, excluding NO2 is 1. The molecule has 1 aromatic carbocycles. The van der Waals surface area contributed by atoms with Crippen molar-refractivity contribution >= 4 is 11.7 Å². The van der Waals surface area contributed by atoms with Gasteiger partial charge in [0.25, 0.3) is 0 Å². The molecule has 0 fully saturated rings. The van der Waals surface area contributed by atoms with Crippen molar-refractivity contribution in [2.45, 2.75) is 12.5 Å². The van der Waals surface area contributed by atoms with Crippen molar-refractivity contribution < 1.29 is 9.90 Å². The zero-order valence-corrected chi connectivity index (χ0v) is 7.25. The average molecular weight is 192 g/mol. The first kappa shape index (κ1) is 8.68. The Labute approximate surface area is 79.9 Å². The number of rotatable bonds is 2. The molecule has 5 heteroatoms. The van der Waals surface area contributed by atoms with Crippen molar-refractivity contribution in [1.29, 1.82) is 0 Å². The van der Waals surface area contributed by atoms with E-state index in [-0.39, 0.29) is 0 Å². The molecule has 0 bridgehead atoms. The summed E-state index contributed by atoms with van der Waals surface area (Å²) in [6, 6.07) is 6.20. The molecule has 0 amide bonds. The summed E-state index contributed by atoms with van der Waals surface area (Å²) in [4.78, 5) is 21.3. The number of benzene rings is 1. The standard InChI is InChI=1S/C9H8N2O3/c12-9(13)8-5-6-3-1-2-4-7(6)11(8)10-14/h1-4,8H,5H2,(H,12,13). The van der Waals surface area contributed by atoms with E-state index >= 15 is 0 Å². The number of carboxylic acids is 1. The highest BCUT2D eigenvalue weighted by molar-refractivity contribution is 5.82. The summed E-state index contributed by atoms with van der Waals surface area (Å²) < 4.78 is 0. The Morgan fingerprint density at radius 3 is 2.86 bits per heavy atom. The molecule has 0 aliphatic carbocycles. The molecular formula is C9H8N2O3. The number of nitrogens with zero attached hydrogens (tertiary/aromatic N) is 2. The molecule has 14 heavy (non-hydrogen) atoms. The summed E-state index contributed by atoms with van der Waals surface area (Å²) in [6.07, 6.45) is 0.331. The third-order valence-corrected chi connectivity index (χ3v) is 2.32. The minimum absolute atomic E-state index is 0.331. The normalized spacial score (nSPS) is 19.1. The molecular weight excluding hydrogens is 184 g/mol. The third kappa shape index (κ3) is 1.14. The van der Waals surface area contributed by atoms with E-state index in [0.29, 0.717) is 12.1 Å². The van der Waals surface area contributed by atoms with Gasteiger partial charge in [0, 0.05) is 6.42 Å². The highest BCUT2D eigenvalue weighted by Gasteiger charge is 2.35. The van der Waals surface area contributed by atoms with Crippen molar-refractivity contribution in [2.24, 2.45) is 5.29 Å². The molecule has 1 aliphatic heterocycles. The van der Waals surface area contributed by atoms with E-state index in [4.69, 9.17) is 5.11 Å². The first-order valence-electron chi connectivity index (χ1n) is 4.17. The fourth-order valence-corrected chi connectivity index (χ4v) is 1.66. The fraction of sp³-hybridized carbons (Fsp3) is 0.222. The number of carboxylic acid groups (broad SMARTS) is 1. The van der Waals surface area contributed by atoms with Gasteiger partial charge in [0.05, 0.1) is 11.0 Å². The quantitative estimate of drug-likeness (QED) is 0.714.